The summed E-state index contributed by atoms with van der Waals surface area (Å²) >= 11 is 0. The normalized spacial score (nSPS) is 15.8. The zero-order valence-electron chi connectivity index (χ0n) is 10.4. The zero-order chi connectivity index (χ0) is 13.6. The van der Waals surface area contributed by atoms with Crippen molar-refractivity contribution in [1.82, 2.24) is 4.90 Å². The molecule has 1 heterocycles. The maximum atomic E-state index is 12.0. The molecule has 1 aliphatic rings. The first-order valence-electron chi connectivity index (χ1n) is 5.54. The van der Waals surface area contributed by atoms with Gasteiger partial charge in [-0.05, 0) is 31.0 Å². The van der Waals surface area contributed by atoms with E-state index in [9.17, 15) is 14.4 Å². The summed E-state index contributed by atoms with van der Waals surface area (Å²) in [5.41, 5.74) is 1.70. The van der Waals surface area contributed by atoms with Gasteiger partial charge in [0.05, 0.1) is 17.0 Å². The van der Waals surface area contributed by atoms with Crippen LogP contribution in [0, 0.1) is 6.92 Å². The number of hydrogen-bond acceptors (Lipinski definition) is 3. The topological polar surface area (TPSA) is 74.7 Å². The van der Waals surface area contributed by atoms with E-state index in [0.717, 1.165) is 10.5 Å². The molecular formula is C13H13NO4. The number of carbonyl (C=O) groups excluding carboxylic acids is 2. The number of aliphatic carboxylic acids is 1. The SMILES string of the molecule is Cc1cc2c(c(C(C)C(=O)O)c1)C(=O)N(C)C2=O. The Kier molecular flexibility index (Phi) is 2.69. The minimum atomic E-state index is -1.02. The molecule has 1 aromatic carbocycles. The maximum absolute atomic E-state index is 12.0. The Morgan fingerprint density at radius 2 is 1.89 bits per heavy atom. The molecule has 2 rings (SSSR count). The average molecular weight is 247 g/mol. The minimum Gasteiger partial charge on any atom is -0.481 e. The lowest BCUT2D eigenvalue weighted by Crippen LogP contribution is -2.24. The molecule has 2 amide bonds. The predicted octanol–water partition coefficient (Wildman–Crippen LogP) is 1.41. The fourth-order valence-electron chi connectivity index (χ4n) is 2.14. The van der Waals surface area contributed by atoms with Gasteiger partial charge in [0.2, 0.25) is 0 Å². The Bertz CT molecular complexity index is 577. The van der Waals surface area contributed by atoms with Gasteiger partial charge in [0.15, 0.2) is 0 Å². The third-order valence-corrected chi connectivity index (χ3v) is 3.20. The summed E-state index contributed by atoms with van der Waals surface area (Å²) in [7, 11) is 1.40. The third kappa shape index (κ3) is 1.59. The zero-order valence-corrected chi connectivity index (χ0v) is 10.4. The lowest BCUT2D eigenvalue weighted by atomic mass is 9.91. The molecule has 0 saturated heterocycles. The largest absolute Gasteiger partial charge is 0.481 e. The van der Waals surface area contributed by atoms with Crippen molar-refractivity contribution in [3.63, 3.8) is 0 Å². The number of imide groups is 1. The molecule has 0 bridgehead atoms. The maximum Gasteiger partial charge on any atom is 0.310 e. The molecule has 18 heavy (non-hydrogen) atoms. The van der Waals surface area contributed by atoms with E-state index in [1.165, 1.54) is 14.0 Å². The number of carbonyl (C=O) groups is 3. The summed E-state index contributed by atoms with van der Waals surface area (Å²) < 4.78 is 0. The van der Waals surface area contributed by atoms with Crippen LogP contribution in [0.15, 0.2) is 12.1 Å². The highest BCUT2D eigenvalue weighted by Gasteiger charge is 2.37. The summed E-state index contributed by atoms with van der Waals surface area (Å²) in [6, 6.07) is 3.28. The van der Waals surface area contributed by atoms with Crippen LogP contribution < -0.4 is 0 Å². The minimum absolute atomic E-state index is 0.225. The van der Waals surface area contributed by atoms with E-state index >= 15 is 0 Å². The molecule has 1 N–H and O–H groups in total. The van der Waals surface area contributed by atoms with Gasteiger partial charge in [-0.15, -0.1) is 0 Å². The van der Waals surface area contributed by atoms with Gasteiger partial charge < -0.3 is 5.11 Å². The van der Waals surface area contributed by atoms with Crippen molar-refractivity contribution in [2.75, 3.05) is 7.05 Å². The summed E-state index contributed by atoms with van der Waals surface area (Å²) in [4.78, 5) is 35.9. The average Bonchev–Trinajstić information content (AvgIpc) is 2.52. The van der Waals surface area contributed by atoms with Crippen LogP contribution in [0.3, 0.4) is 0 Å². The summed E-state index contributed by atoms with van der Waals surface area (Å²) in [6.07, 6.45) is 0. The Hall–Kier alpha value is -2.17. The highest BCUT2D eigenvalue weighted by atomic mass is 16.4. The molecule has 1 atom stereocenters. The summed E-state index contributed by atoms with van der Waals surface area (Å²) in [5, 5.41) is 9.07. The Labute approximate surface area is 104 Å². The fraction of sp³-hybridized carbons (Fsp3) is 0.308. The molecule has 5 heteroatoms. The number of benzene rings is 1. The van der Waals surface area contributed by atoms with Crippen LogP contribution in [0.25, 0.3) is 0 Å². The molecule has 0 spiro atoms. The van der Waals surface area contributed by atoms with Crippen molar-refractivity contribution < 1.29 is 19.5 Å². The number of carboxylic acids is 1. The number of nitrogens with zero attached hydrogens (tertiary/aromatic N) is 1. The molecule has 0 fully saturated rings. The van der Waals surface area contributed by atoms with E-state index in [0.29, 0.717) is 11.1 Å². The summed E-state index contributed by atoms with van der Waals surface area (Å²) in [5.74, 6) is -2.64. The predicted molar refractivity (Wildman–Crippen MR) is 63.7 cm³/mol. The summed E-state index contributed by atoms with van der Waals surface area (Å²) in [6.45, 7) is 3.28. The highest BCUT2D eigenvalue weighted by molar-refractivity contribution is 6.22. The number of hydrogen-bond donors (Lipinski definition) is 1. The van der Waals surface area contributed by atoms with Crippen molar-refractivity contribution in [2.24, 2.45) is 0 Å². The highest BCUT2D eigenvalue weighted by Crippen LogP contribution is 2.31. The lowest BCUT2D eigenvalue weighted by molar-refractivity contribution is -0.138. The molecule has 1 aromatic rings. The fourth-order valence-corrected chi connectivity index (χ4v) is 2.14. The second-order valence-electron chi connectivity index (χ2n) is 4.51. The van der Waals surface area contributed by atoms with Crippen molar-refractivity contribution in [3.05, 3.63) is 34.4 Å². The van der Waals surface area contributed by atoms with Gasteiger partial charge in [-0.3, -0.25) is 19.3 Å². The Balaban J connectivity index is 2.71. The second-order valence-corrected chi connectivity index (χ2v) is 4.51. The lowest BCUT2D eigenvalue weighted by Gasteiger charge is -2.11. The van der Waals surface area contributed by atoms with Crippen molar-refractivity contribution >= 4 is 17.8 Å². The first-order chi connectivity index (χ1) is 8.34. The van der Waals surface area contributed by atoms with E-state index in [1.807, 2.05) is 0 Å². The van der Waals surface area contributed by atoms with Gasteiger partial charge in [0, 0.05) is 7.05 Å². The van der Waals surface area contributed by atoms with Crippen LogP contribution in [-0.2, 0) is 4.79 Å². The standard InChI is InChI=1S/C13H13NO4/c1-6-4-8(7(2)13(17)18)10-9(5-6)11(15)14(3)12(10)16/h4-5,7H,1-3H3,(H,17,18). The van der Waals surface area contributed by atoms with Gasteiger partial charge >= 0.3 is 5.97 Å². The Morgan fingerprint density at radius 3 is 2.44 bits per heavy atom. The number of aryl methyl sites for hydroxylation is 1. The molecule has 94 valence electrons. The first-order valence-corrected chi connectivity index (χ1v) is 5.54. The van der Waals surface area contributed by atoms with Crippen LogP contribution in [0.4, 0.5) is 0 Å². The van der Waals surface area contributed by atoms with Gasteiger partial charge in [-0.1, -0.05) is 6.07 Å². The number of rotatable bonds is 2. The molecule has 1 unspecified atom stereocenters. The third-order valence-electron chi connectivity index (χ3n) is 3.20. The van der Waals surface area contributed by atoms with E-state index in [4.69, 9.17) is 5.11 Å². The van der Waals surface area contributed by atoms with Gasteiger partial charge in [0.1, 0.15) is 0 Å². The molecule has 5 nitrogen and oxygen atoms in total. The molecular weight excluding hydrogens is 234 g/mol. The number of fused-ring (bicyclic) bond motifs is 1. The molecule has 1 aliphatic heterocycles. The van der Waals surface area contributed by atoms with Crippen LogP contribution in [0.1, 0.15) is 44.7 Å². The van der Waals surface area contributed by atoms with E-state index in [1.54, 1.807) is 19.1 Å². The van der Waals surface area contributed by atoms with Crippen molar-refractivity contribution in [1.29, 1.82) is 0 Å². The molecule has 0 aliphatic carbocycles. The van der Waals surface area contributed by atoms with Crippen LogP contribution in [-0.4, -0.2) is 34.8 Å². The van der Waals surface area contributed by atoms with Gasteiger partial charge in [0.25, 0.3) is 11.8 Å². The van der Waals surface area contributed by atoms with Crippen molar-refractivity contribution in [3.8, 4) is 0 Å². The first kappa shape index (κ1) is 12.3. The van der Waals surface area contributed by atoms with Crippen molar-refractivity contribution in [2.45, 2.75) is 19.8 Å². The molecule has 0 aromatic heterocycles. The monoisotopic (exact) mass is 247 g/mol. The molecule has 0 saturated carbocycles. The van der Waals surface area contributed by atoms with Gasteiger partial charge in [-0.2, -0.15) is 0 Å². The van der Waals surface area contributed by atoms with Gasteiger partial charge in [-0.25, -0.2) is 0 Å². The van der Waals surface area contributed by atoms with E-state index in [2.05, 4.69) is 0 Å². The quantitative estimate of drug-likeness (QED) is 0.802. The Morgan fingerprint density at radius 1 is 1.28 bits per heavy atom. The van der Waals surface area contributed by atoms with E-state index < -0.39 is 17.8 Å². The smallest absolute Gasteiger partial charge is 0.310 e. The number of amides is 2. The molecule has 0 radical (unpaired) electrons. The van der Waals surface area contributed by atoms with Crippen LogP contribution >= 0.6 is 0 Å². The number of carboxylic acid groups (broad SMARTS) is 1. The van der Waals surface area contributed by atoms with E-state index in [-0.39, 0.29) is 11.5 Å². The van der Waals surface area contributed by atoms with Crippen LogP contribution in [0.5, 0.6) is 0 Å². The van der Waals surface area contributed by atoms with Crippen LogP contribution in [0.2, 0.25) is 0 Å². The second kappa shape index (κ2) is 3.94.